The smallest absolute Gasteiger partial charge is 0.0312 e. The second kappa shape index (κ2) is 16.3. The number of hydrogen-bond donors (Lipinski definition) is 0. The van der Waals surface area contributed by atoms with Gasteiger partial charge in [-0.3, -0.25) is 4.21 Å². The van der Waals surface area contributed by atoms with Crippen molar-refractivity contribution in [3.05, 3.63) is 45.4 Å². The van der Waals surface area contributed by atoms with Crippen LogP contribution in [0.3, 0.4) is 0 Å². The molecule has 1 aliphatic rings. The molecular weight excluding hydrogens is 386 g/mol. The maximum atomic E-state index is 10.1. The molecule has 0 aromatic rings. The summed E-state index contributed by atoms with van der Waals surface area (Å²) in [6.07, 6.45) is 10.0. The first kappa shape index (κ1) is 27.5. The van der Waals surface area contributed by atoms with Gasteiger partial charge in [-0.1, -0.05) is 34.8 Å². The van der Waals surface area contributed by atoms with E-state index in [1.165, 1.54) is 0 Å². The van der Waals surface area contributed by atoms with Crippen LogP contribution in [0.5, 0.6) is 0 Å². The molecule has 5 radical (unpaired) electrons. The van der Waals surface area contributed by atoms with Gasteiger partial charge in [0.25, 0.3) is 3.12 Å². The summed E-state index contributed by atoms with van der Waals surface area (Å²) >= 11 is 18.3. The minimum absolute atomic E-state index is 0. The van der Waals surface area contributed by atoms with Gasteiger partial charge < -0.3 is 4.55 Å². The van der Waals surface area contributed by atoms with Crippen molar-refractivity contribution in [2.45, 2.75) is 3.12 Å². The Morgan fingerprint density at radius 3 is 1.17 bits per heavy atom. The van der Waals surface area contributed by atoms with Crippen LogP contribution in [0.4, 0.5) is 0 Å². The summed E-state index contributed by atoms with van der Waals surface area (Å²) in [6, 6.07) is 0. The van der Waals surface area contributed by atoms with Crippen LogP contribution in [-0.4, -0.2) is 11.9 Å². The van der Waals surface area contributed by atoms with Crippen molar-refractivity contribution in [1.29, 1.82) is 0 Å². The molecule has 0 spiro atoms. The van der Waals surface area contributed by atoms with E-state index in [2.05, 4.69) is 24.5 Å². The van der Waals surface area contributed by atoms with Crippen LogP contribution in [0.25, 0.3) is 0 Å². The number of rotatable bonds is 0. The monoisotopic (exact) mass is 390 g/mol. The molecule has 1 rings (SSSR count). The number of halogens is 3. The summed E-state index contributed by atoms with van der Waals surface area (Å²) in [7, 11) is -3.96. The molecule has 1 aliphatic carbocycles. The standard InChI is InChI=1S/C5H5.CHCl3O2S2.2CO.Fe/c1-2-4-5-3-1;2-1(3,4)8(5,6)7;2*1-2;/h1-5H;(H,5,6,7);;;/q;;;;+2/p-1. The topological polar surface area (TPSA) is 79.9 Å². The van der Waals surface area contributed by atoms with Crippen LogP contribution in [0.15, 0.2) is 0 Å². The van der Waals surface area contributed by atoms with Crippen LogP contribution in [0.1, 0.15) is 0 Å². The van der Waals surface area contributed by atoms with Gasteiger partial charge in [0.05, 0.1) is 0 Å². The summed E-state index contributed by atoms with van der Waals surface area (Å²) < 4.78 is 32.8. The molecule has 0 aliphatic heterocycles. The maximum Gasteiger partial charge on any atom is 2.00 e. The molecule has 0 aromatic carbocycles. The molecule has 0 N–H and O–H groups in total. The summed E-state index contributed by atoms with van der Waals surface area (Å²) in [6.45, 7) is 9.00. The zero-order valence-corrected chi connectivity index (χ0v) is 13.3. The Morgan fingerprint density at radius 2 is 1.11 bits per heavy atom. The Bertz CT molecular complexity index is 294. The van der Waals surface area contributed by atoms with Crippen molar-refractivity contribution in [3.8, 4) is 0 Å². The van der Waals surface area contributed by atoms with E-state index in [4.69, 9.17) is 44.1 Å². The van der Waals surface area contributed by atoms with Crippen molar-refractivity contribution in [2.75, 3.05) is 0 Å². The van der Waals surface area contributed by atoms with Crippen LogP contribution in [0.2, 0.25) is 0 Å². The maximum absolute atomic E-state index is 10.1. The first-order chi connectivity index (χ1) is 7.75. The van der Waals surface area contributed by atoms with E-state index in [-0.39, 0.29) is 17.1 Å². The SMILES string of the molecule is O=S([O-])(=S)C(Cl)(Cl)Cl.[C-]#[O+].[C-]#[O+].[CH]1[CH][CH][CH][CH]1.[Fe+2]. The summed E-state index contributed by atoms with van der Waals surface area (Å²) in [4.78, 5) is 0. The quantitative estimate of drug-likeness (QED) is 0.275. The molecule has 0 heterocycles. The first-order valence-electron chi connectivity index (χ1n) is 3.35. The Kier molecular flexibility index (Phi) is 24.9. The molecule has 0 saturated heterocycles. The van der Waals surface area contributed by atoms with E-state index in [9.17, 15) is 8.76 Å². The molecule has 101 valence electrons. The van der Waals surface area contributed by atoms with Gasteiger partial charge in [-0.05, 0) is 43.3 Å². The fraction of sp³-hybridized carbons (Fsp3) is 0.125. The van der Waals surface area contributed by atoms with E-state index in [0.717, 1.165) is 0 Å². The summed E-state index contributed by atoms with van der Waals surface area (Å²) in [5.41, 5.74) is 0. The van der Waals surface area contributed by atoms with Crippen LogP contribution in [-0.2, 0) is 46.3 Å². The predicted octanol–water partition coefficient (Wildman–Crippen LogP) is 2.13. The Hall–Kier alpha value is 1.20. The second-order valence-electron chi connectivity index (χ2n) is 1.86. The predicted molar refractivity (Wildman–Crippen MR) is 65.9 cm³/mol. The molecule has 0 bridgehead atoms. The zero-order chi connectivity index (χ0) is 14.5. The molecular formula is C8H5Cl3FeO4S2+. The fourth-order valence-corrected chi connectivity index (χ4v) is 0.321. The molecule has 10 heteroatoms. The van der Waals surface area contributed by atoms with Gasteiger partial charge in [0.1, 0.15) is 0 Å². The normalized spacial score (nSPS) is 15.8. The van der Waals surface area contributed by atoms with Gasteiger partial charge in [-0.25, -0.2) is 0 Å². The molecule has 0 amide bonds. The number of alkyl halides is 3. The zero-order valence-electron chi connectivity index (χ0n) is 8.32. The minimum atomic E-state index is -3.96. The second-order valence-corrected chi connectivity index (χ2v) is 7.65. The van der Waals surface area contributed by atoms with Crippen molar-refractivity contribution < 1.29 is 35.1 Å². The third-order valence-electron chi connectivity index (χ3n) is 0.839. The molecule has 1 fully saturated rings. The van der Waals surface area contributed by atoms with E-state index in [0.29, 0.717) is 0 Å². The van der Waals surface area contributed by atoms with Gasteiger partial charge in [-0.15, -0.1) is 0 Å². The van der Waals surface area contributed by atoms with E-state index in [1.54, 1.807) is 0 Å². The third-order valence-corrected chi connectivity index (χ3v) is 4.81. The van der Waals surface area contributed by atoms with Crippen molar-refractivity contribution in [3.63, 3.8) is 0 Å². The minimum Gasteiger partial charge on any atom is -0.0312 e. The molecule has 4 nitrogen and oxygen atoms in total. The summed E-state index contributed by atoms with van der Waals surface area (Å²) in [5, 5.41) is 0. The van der Waals surface area contributed by atoms with Crippen LogP contribution in [0, 0.1) is 45.4 Å². The van der Waals surface area contributed by atoms with Gasteiger partial charge in [0, 0.05) is 8.77 Å². The molecule has 18 heavy (non-hydrogen) atoms. The summed E-state index contributed by atoms with van der Waals surface area (Å²) in [5.74, 6) is 0. The van der Waals surface area contributed by atoms with E-state index >= 15 is 0 Å². The van der Waals surface area contributed by atoms with Crippen LogP contribution >= 0.6 is 34.8 Å². The average Bonchev–Trinajstić information content (AvgIpc) is 2.79. The largest absolute Gasteiger partial charge is 2.00 e. The van der Waals surface area contributed by atoms with E-state index in [1.807, 2.05) is 32.1 Å². The number of hydrogen-bond acceptors (Lipinski definition) is 3. The van der Waals surface area contributed by atoms with Crippen molar-refractivity contribution in [2.24, 2.45) is 0 Å². The van der Waals surface area contributed by atoms with Gasteiger partial charge >= 0.3 is 39.7 Å². The van der Waals surface area contributed by atoms with Gasteiger partial charge in [0.15, 0.2) is 0 Å². The Labute approximate surface area is 138 Å². The Balaban J connectivity index is -0.0000000847. The first-order valence-corrected chi connectivity index (χ1v) is 6.89. The van der Waals surface area contributed by atoms with Crippen molar-refractivity contribution in [1.82, 2.24) is 0 Å². The van der Waals surface area contributed by atoms with Gasteiger partial charge in [0.2, 0.25) is 0 Å². The fourth-order valence-electron chi connectivity index (χ4n) is 0.321. The van der Waals surface area contributed by atoms with E-state index < -0.39 is 11.9 Å². The third kappa shape index (κ3) is 19.5. The molecule has 1 unspecified atom stereocenters. The Morgan fingerprint density at radius 1 is 1.00 bits per heavy atom. The van der Waals surface area contributed by atoms with Crippen LogP contribution < -0.4 is 0 Å². The molecule has 1 atom stereocenters. The van der Waals surface area contributed by atoms with Crippen molar-refractivity contribution >= 4 is 54.8 Å². The average molecular weight is 391 g/mol. The molecule has 1 saturated carbocycles. The van der Waals surface area contributed by atoms with Gasteiger partial charge in [-0.2, -0.15) is 0 Å². The molecule has 0 aromatic heterocycles.